The number of aromatic carboxylic acids is 1. The molecule has 0 fully saturated rings. The molecule has 2 aromatic rings. The van der Waals surface area contributed by atoms with E-state index in [1.165, 1.54) is 30.3 Å². The summed E-state index contributed by atoms with van der Waals surface area (Å²) in [6, 6.07) is 13.1. The molecule has 1 amide bonds. The molecular formula is C18H17NO5. The van der Waals surface area contributed by atoms with Gasteiger partial charge in [-0.2, -0.15) is 0 Å². The van der Waals surface area contributed by atoms with E-state index in [9.17, 15) is 9.59 Å². The fraction of sp³-hybridized carbons (Fsp3) is 0.111. The summed E-state index contributed by atoms with van der Waals surface area (Å²) in [7, 11) is 1.55. The maximum atomic E-state index is 11.9. The molecule has 0 aliphatic heterocycles. The summed E-state index contributed by atoms with van der Waals surface area (Å²) in [6.45, 7) is 0.179. The maximum Gasteiger partial charge on any atom is 0.335 e. The molecule has 6 heteroatoms. The number of hydrogen-bond acceptors (Lipinski definition) is 4. The number of amides is 1. The summed E-state index contributed by atoms with van der Waals surface area (Å²) < 4.78 is 10.1. The number of ether oxygens (including phenoxy) is 2. The molecule has 6 nitrogen and oxygen atoms in total. The van der Waals surface area contributed by atoms with Gasteiger partial charge in [0, 0.05) is 18.9 Å². The highest BCUT2D eigenvalue weighted by atomic mass is 16.7. The minimum absolute atomic E-state index is 0.166. The van der Waals surface area contributed by atoms with Crippen molar-refractivity contribution in [2.45, 2.75) is 0 Å². The Hall–Kier alpha value is -3.12. The highest BCUT2D eigenvalue weighted by molar-refractivity contribution is 6.02. The zero-order valence-corrected chi connectivity index (χ0v) is 13.1. The molecule has 0 spiro atoms. The van der Waals surface area contributed by atoms with E-state index in [-0.39, 0.29) is 18.3 Å². The van der Waals surface area contributed by atoms with Crippen LogP contribution in [0.2, 0.25) is 0 Å². The Morgan fingerprint density at radius 1 is 1.08 bits per heavy atom. The third-order valence-electron chi connectivity index (χ3n) is 3.05. The van der Waals surface area contributed by atoms with Crippen molar-refractivity contribution in [2.24, 2.45) is 0 Å². The molecule has 0 aliphatic rings. The van der Waals surface area contributed by atoms with E-state index in [1.54, 1.807) is 25.3 Å². The molecule has 0 aromatic heterocycles. The normalized spacial score (nSPS) is 10.5. The van der Waals surface area contributed by atoms with E-state index in [1.807, 2.05) is 12.1 Å². The van der Waals surface area contributed by atoms with Crippen LogP contribution in [0.1, 0.15) is 15.9 Å². The topological polar surface area (TPSA) is 84.9 Å². The number of carbonyl (C=O) groups excluding carboxylic acids is 1. The van der Waals surface area contributed by atoms with Crippen molar-refractivity contribution >= 4 is 23.6 Å². The van der Waals surface area contributed by atoms with Crippen molar-refractivity contribution in [3.8, 4) is 5.75 Å². The van der Waals surface area contributed by atoms with Gasteiger partial charge in [-0.15, -0.1) is 0 Å². The Bertz CT molecular complexity index is 720. The van der Waals surface area contributed by atoms with Crippen molar-refractivity contribution in [3.05, 3.63) is 65.7 Å². The zero-order chi connectivity index (χ0) is 17.4. The second kappa shape index (κ2) is 8.50. The van der Waals surface area contributed by atoms with Gasteiger partial charge in [0.2, 0.25) is 5.91 Å². The van der Waals surface area contributed by atoms with Crippen molar-refractivity contribution in [1.82, 2.24) is 0 Å². The third-order valence-corrected chi connectivity index (χ3v) is 3.05. The van der Waals surface area contributed by atoms with Crippen LogP contribution in [0.25, 0.3) is 6.08 Å². The van der Waals surface area contributed by atoms with Crippen LogP contribution in [-0.2, 0) is 9.53 Å². The monoisotopic (exact) mass is 327 g/mol. The minimum Gasteiger partial charge on any atom is -0.478 e. The lowest BCUT2D eigenvalue weighted by Gasteiger charge is -2.04. The predicted octanol–water partition coefficient (Wildman–Crippen LogP) is 3.02. The van der Waals surface area contributed by atoms with Crippen molar-refractivity contribution in [1.29, 1.82) is 0 Å². The van der Waals surface area contributed by atoms with Crippen molar-refractivity contribution in [3.63, 3.8) is 0 Å². The maximum absolute atomic E-state index is 11.9. The van der Waals surface area contributed by atoms with E-state index in [2.05, 4.69) is 5.32 Å². The van der Waals surface area contributed by atoms with Gasteiger partial charge >= 0.3 is 5.97 Å². The smallest absolute Gasteiger partial charge is 0.335 e. The average molecular weight is 327 g/mol. The van der Waals surface area contributed by atoms with Gasteiger partial charge in [-0.3, -0.25) is 4.79 Å². The largest absolute Gasteiger partial charge is 0.478 e. The molecule has 0 atom stereocenters. The quantitative estimate of drug-likeness (QED) is 0.603. The first kappa shape index (κ1) is 17.2. The Balaban J connectivity index is 1.91. The average Bonchev–Trinajstić information content (AvgIpc) is 2.59. The number of carboxylic acids is 1. The molecule has 0 radical (unpaired) electrons. The molecule has 0 unspecified atom stereocenters. The van der Waals surface area contributed by atoms with Crippen LogP contribution in [0.5, 0.6) is 5.75 Å². The lowest BCUT2D eigenvalue weighted by molar-refractivity contribution is -0.111. The van der Waals surface area contributed by atoms with Gasteiger partial charge in [-0.1, -0.05) is 12.1 Å². The third kappa shape index (κ3) is 5.26. The van der Waals surface area contributed by atoms with E-state index >= 15 is 0 Å². The standard InChI is InChI=1S/C18H17NO5/c1-23-12-24-16-9-2-13(3-10-16)4-11-17(20)19-15-7-5-14(6-8-15)18(21)22/h2-11H,12H2,1H3,(H,19,20)(H,21,22)/b11-4+. The minimum atomic E-state index is -1.01. The van der Waals surface area contributed by atoms with Crippen LogP contribution in [0.15, 0.2) is 54.6 Å². The summed E-state index contributed by atoms with van der Waals surface area (Å²) in [5.41, 5.74) is 1.54. The highest BCUT2D eigenvalue weighted by Crippen LogP contribution is 2.14. The fourth-order valence-corrected chi connectivity index (χ4v) is 1.85. The van der Waals surface area contributed by atoms with E-state index < -0.39 is 5.97 Å². The SMILES string of the molecule is COCOc1ccc(/C=C/C(=O)Nc2ccc(C(=O)O)cc2)cc1. The van der Waals surface area contributed by atoms with Gasteiger partial charge in [0.1, 0.15) is 5.75 Å². The molecule has 0 saturated heterocycles. The molecular weight excluding hydrogens is 310 g/mol. The number of methoxy groups -OCH3 is 1. The number of carbonyl (C=O) groups is 2. The summed E-state index contributed by atoms with van der Waals surface area (Å²) in [5.74, 6) is -0.638. The number of anilines is 1. The summed E-state index contributed by atoms with van der Waals surface area (Å²) in [5, 5.41) is 11.5. The zero-order valence-electron chi connectivity index (χ0n) is 13.1. The van der Waals surface area contributed by atoms with Crippen LogP contribution in [0.4, 0.5) is 5.69 Å². The van der Waals surface area contributed by atoms with Gasteiger partial charge in [0.25, 0.3) is 0 Å². The molecule has 0 bridgehead atoms. The number of nitrogens with one attached hydrogen (secondary N) is 1. The summed E-state index contributed by atoms with van der Waals surface area (Å²) in [4.78, 5) is 22.6. The van der Waals surface area contributed by atoms with Gasteiger partial charge in [0.15, 0.2) is 6.79 Å². The second-order valence-corrected chi connectivity index (χ2v) is 4.82. The van der Waals surface area contributed by atoms with Gasteiger partial charge in [0.05, 0.1) is 5.56 Å². The fourth-order valence-electron chi connectivity index (χ4n) is 1.85. The lowest BCUT2D eigenvalue weighted by atomic mass is 10.2. The van der Waals surface area contributed by atoms with E-state index in [0.717, 1.165) is 5.56 Å². The molecule has 2 aromatic carbocycles. The molecule has 2 rings (SSSR count). The molecule has 0 heterocycles. The molecule has 0 saturated carbocycles. The van der Waals surface area contributed by atoms with Crippen LogP contribution < -0.4 is 10.1 Å². The van der Waals surface area contributed by atoms with Gasteiger partial charge in [-0.05, 0) is 48.0 Å². The Kier molecular flexibility index (Phi) is 6.10. The lowest BCUT2D eigenvalue weighted by Crippen LogP contribution is -2.08. The molecule has 0 aliphatic carbocycles. The van der Waals surface area contributed by atoms with Crippen molar-refractivity contribution < 1.29 is 24.2 Å². The molecule has 24 heavy (non-hydrogen) atoms. The number of benzene rings is 2. The number of rotatable bonds is 7. The summed E-state index contributed by atoms with van der Waals surface area (Å²) >= 11 is 0. The van der Waals surface area contributed by atoms with E-state index in [0.29, 0.717) is 11.4 Å². The first-order valence-electron chi connectivity index (χ1n) is 7.12. The Labute approximate surface area is 139 Å². The van der Waals surface area contributed by atoms with Crippen LogP contribution in [0, 0.1) is 0 Å². The molecule has 2 N–H and O–H groups in total. The van der Waals surface area contributed by atoms with Crippen LogP contribution in [0.3, 0.4) is 0 Å². The van der Waals surface area contributed by atoms with Crippen LogP contribution in [-0.4, -0.2) is 30.9 Å². The van der Waals surface area contributed by atoms with Gasteiger partial charge < -0.3 is 19.9 Å². The Morgan fingerprint density at radius 3 is 2.33 bits per heavy atom. The second-order valence-electron chi connectivity index (χ2n) is 4.82. The highest BCUT2D eigenvalue weighted by Gasteiger charge is 2.03. The van der Waals surface area contributed by atoms with E-state index in [4.69, 9.17) is 14.6 Å². The molecule has 124 valence electrons. The first-order chi connectivity index (χ1) is 11.6. The summed E-state index contributed by atoms with van der Waals surface area (Å²) in [6.07, 6.45) is 3.07. The van der Waals surface area contributed by atoms with Crippen molar-refractivity contribution in [2.75, 3.05) is 19.2 Å². The number of hydrogen-bond donors (Lipinski definition) is 2. The first-order valence-corrected chi connectivity index (χ1v) is 7.12. The predicted molar refractivity (Wildman–Crippen MR) is 90.0 cm³/mol. The van der Waals surface area contributed by atoms with Crippen LogP contribution >= 0.6 is 0 Å². The van der Waals surface area contributed by atoms with Gasteiger partial charge in [-0.25, -0.2) is 4.79 Å². The number of carboxylic acid groups (broad SMARTS) is 1. The Morgan fingerprint density at radius 2 is 1.75 bits per heavy atom.